The lowest BCUT2D eigenvalue weighted by Crippen LogP contribution is -1.85. The third kappa shape index (κ3) is 16.1. The normalized spacial score (nSPS) is 10.3. The van der Waals surface area contributed by atoms with Crippen LogP contribution in [0.25, 0.3) is 0 Å². The van der Waals surface area contributed by atoms with E-state index in [1.54, 1.807) is 11.1 Å². The number of ether oxygens (including phenoxy) is 1. The zero-order valence-electron chi connectivity index (χ0n) is 22.6. The molecule has 30 heavy (non-hydrogen) atoms. The maximum atomic E-state index is 5.30. The Morgan fingerprint density at radius 2 is 0.833 bits per heavy atom. The molecule has 0 aromatic heterocycles. The van der Waals surface area contributed by atoms with Crippen LogP contribution >= 0.6 is 0 Å². The van der Waals surface area contributed by atoms with Crippen molar-refractivity contribution < 1.29 is 4.74 Å². The third-order valence-corrected chi connectivity index (χ3v) is 3.61. The van der Waals surface area contributed by atoms with Crippen LogP contribution in [0.5, 0.6) is 5.75 Å². The third-order valence-electron chi connectivity index (χ3n) is 3.61. The van der Waals surface area contributed by atoms with Gasteiger partial charge >= 0.3 is 0 Å². The maximum absolute atomic E-state index is 5.30. The van der Waals surface area contributed by atoms with E-state index in [0.717, 1.165) is 18.8 Å². The monoisotopic (exact) mass is 418 g/mol. The van der Waals surface area contributed by atoms with Gasteiger partial charge in [-0.1, -0.05) is 126 Å². The summed E-state index contributed by atoms with van der Waals surface area (Å²) < 4.78 is 5.30. The molecule has 0 spiro atoms. The van der Waals surface area contributed by atoms with E-state index in [2.05, 4.69) is 30.3 Å². The predicted molar refractivity (Wildman–Crippen MR) is 142 cm³/mol. The smallest absolute Gasteiger partial charge is 0.122 e. The predicted octanol–water partition coefficient (Wildman–Crippen LogP) is 9.95. The highest BCUT2D eigenvalue weighted by molar-refractivity contribution is 5.35. The van der Waals surface area contributed by atoms with Crippen molar-refractivity contribution in [2.45, 2.75) is 109 Å². The van der Waals surface area contributed by atoms with Crippen LogP contribution in [0, 0.1) is 0 Å². The van der Waals surface area contributed by atoms with Gasteiger partial charge in [-0.15, -0.1) is 0 Å². The Hall–Kier alpha value is -1.76. The lowest BCUT2D eigenvalue weighted by Gasteiger charge is -1.93. The van der Waals surface area contributed by atoms with Crippen molar-refractivity contribution in [2.75, 3.05) is 6.61 Å². The fourth-order valence-electron chi connectivity index (χ4n) is 2.64. The summed E-state index contributed by atoms with van der Waals surface area (Å²) in [5.74, 6) is 1.07. The number of benzene rings is 2. The number of aryl methyl sites for hydroxylation is 2. The molecule has 0 unspecified atom stereocenters. The first-order chi connectivity index (χ1) is 14.9. The zero-order chi connectivity index (χ0) is 24.2. The van der Waals surface area contributed by atoms with Crippen LogP contribution in [0.4, 0.5) is 0 Å². The Bertz CT molecular complexity index is 436. The van der Waals surface area contributed by atoms with Gasteiger partial charge in [0, 0.05) is 6.42 Å². The Balaban J connectivity index is -0.000000152. The molecule has 2 aromatic carbocycles. The molecule has 176 valence electrons. The highest BCUT2D eigenvalue weighted by Gasteiger charge is 2.08. The molecule has 1 heteroatoms. The molecule has 0 amide bonds. The van der Waals surface area contributed by atoms with Gasteiger partial charge in [0.1, 0.15) is 5.75 Å². The summed E-state index contributed by atoms with van der Waals surface area (Å²) >= 11 is 0. The zero-order valence-corrected chi connectivity index (χ0v) is 22.6. The fourth-order valence-corrected chi connectivity index (χ4v) is 2.64. The van der Waals surface area contributed by atoms with Crippen LogP contribution in [0.1, 0.15) is 106 Å². The van der Waals surface area contributed by atoms with Crippen LogP contribution in [0.3, 0.4) is 0 Å². The molecule has 0 atom stereocenters. The standard InChI is InChI=1S/C9H10.C8H8O.6C2H6/c1-2-5-9-7-3-6-8(9)4-1;1-2-4-8-7(3-1)5-6-9-8;6*1-2/h1-2,4-5H,3,6-7H2;1-4H,5-6H2;6*1-2H3. The minimum Gasteiger partial charge on any atom is -0.493 e. The van der Waals surface area contributed by atoms with Gasteiger partial charge in [-0.05, 0) is 42.0 Å². The van der Waals surface area contributed by atoms with E-state index in [1.807, 2.05) is 101 Å². The number of hydrogen-bond acceptors (Lipinski definition) is 1. The molecule has 0 bridgehead atoms. The van der Waals surface area contributed by atoms with Gasteiger partial charge in [-0.2, -0.15) is 0 Å². The van der Waals surface area contributed by atoms with Gasteiger partial charge in [0.05, 0.1) is 6.61 Å². The van der Waals surface area contributed by atoms with Crippen LogP contribution < -0.4 is 4.74 Å². The topological polar surface area (TPSA) is 9.23 Å². The van der Waals surface area contributed by atoms with E-state index in [0.29, 0.717) is 0 Å². The highest BCUT2D eigenvalue weighted by atomic mass is 16.5. The second kappa shape index (κ2) is 31.9. The minimum absolute atomic E-state index is 0.860. The average Bonchev–Trinajstić information content (AvgIpc) is 3.57. The number of hydrogen-bond donors (Lipinski definition) is 0. The molecule has 4 rings (SSSR count). The Morgan fingerprint density at radius 3 is 1.23 bits per heavy atom. The van der Waals surface area contributed by atoms with E-state index in [1.165, 1.54) is 24.8 Å². The summed E-state index contributed by atoms with van der Waals surface area (Å²) in [7, 11) is 0. The van der Waals surface area contributed by atoms with Crippen LogP contribution in [0.15, 0.2) is 48.5 Å². The van der Waals surface area contributed by atoms with E-state index in [9.17, 15) is 0 Å². The van der Waals surface area contributed by atoms with E-state index in [-0.39, 0.29) is 0 Å². The van der Waals surface area contributed by atoms with E-state index < -0.39 is 0 Å². The fraction of sp³-hybridized carbons (Fsp3) is 0.586. The molecule has 0 saturated heterocycles. The molecular formula is C29H54O. The molecular weight excluding hydrogens is 364 g/mol. The second-order valence-corrected chi connectivity index (χ2v) is 4.83. The summed E-state index contributed by atoms with van der Waals surface area (Å²) in [6, 6.07) is 16.9. The van der Waals surface area contributed by atoms with Crippen molar-refractivity contribution in [1.29, 1.82) is 0 Å². The van der Waals surface area contributed by atoms with E-state index >= 15 is 0 Å². The molecule has 2 aromatic rings. The van der Waals surface area contributed by atoms with Gasteiger partial charge in [0.15, 0.2) is 0 Å². The molecule has 1 aliphatic heterocycles. The van der Waals surface area contributed by atoms with Crippen molar-refractivity contribution in [1.82, 2.24) is 0 Å². The van der Waals surface area contributed by atoms with E-state index in [4.69, 9.17) is 4.74 Å². The molecule has 0 N–H and O–H groups in total. The molecule has 2 aliphatic rings. The summed E-state index contributed by atoms with van der Waals surface area (Å²) in [6.07, 6.45) is 5.04. The SMILES string of the molecule is CC.CC.CC.CC.CC.CC.c1ccc2c(c1)CCC2.c1ccc2c(c1)CCO2. The maximum Gasteiger partial charge on any atom is 0.122 e. The summed E-state index contributed by atoms with van der Waals surface area (Å²) in [5, 5.41) is 0. The van der Waals surface area contributed by atoms with Crippen molar-refractivity contribution >= 4 is 0 Å². The van der Waals surface area contributed by atoms with Gasteiger partial charge in [0.2, 0.25) is 0 Å². The minimum atomic E-state index is 0.860. The number of fused-ring (bicyclic) bond motifs is 2. The first-order valence-electron chi connectivity index (χ1n) is 12.7. The number of rotatable bonds is 0. The Morgan fingerprint density at radius 1 is 0.467 bits per heavy atom. The average molecular weight is 419 g/mol. The molecule has 0 fully saturated rings. The van der Waals surface area contributed by atoms with Crippen LogP contribution in [-0.2, 0) is 19.3 Å². The van der Waals surface area contributed by atoms with Gasteiger partial charge < -0.3 is 4.74 Å². The highest BCUT2D eigenvalue weighted by Crippen LogP contribution is 2.23. The molecule has 0 radical (unpaired) electrons. The summed E-state index contributed by atoms with van der Waals surface area (Å²) in [4.78, 5) is 0. The first kappa shape index (κ1) is 35.7. The molecule has 0 saturated carbocycles. The Labute approximate surface area is 191 Å². The lowest BCUT2D eigenvalue weighted by atomic mass is 10.1. The van der Waals surface area contributed by atoms with Gasteiger partial charge in [-0.3, -0.25) is 0 Å². The van der Waals surface area contributed by atoms with Crippen LogP contribution in [-0.4, -0.2) is 6.61 Å². The Kier molecular flexibility index (Phi) is 37.9. The molecule has 1 heterocycles. The van der Waals surface area contributed by atoms with Crippen molar-refractivity contribution in [2.24, 2.45) is 0 Å². The first-order valence-corrected chi connectivity index (χ1v) is 12.7. The van der Waals surface area contributed by atoms with Gasteiger partial charge in [0.25, 0.3) is 0 Å². The van der Waals surface area contributed by atoms with Gasteiger partial charge in [-0.25, -0.2) is 0 Å². The molecule has 1 nitrogen and oxygen atoms in total. The quantitative estimate of drug-likeness (QED) is 0.413. The largest absolute Gasteiger partial charge is 0.493 e. The number of para-hydroxylation sites is 1. The van der Waals surface area contributed by atoms with Crippen molar-refractivity contribution in [3.8, 4) is 5.75 Å². The van der Waals surface area contributed by atoms with Crippen LogP contribution in [0.2, 0.25) is 0 Å². The second-order valence-electron chi connectivity index (χ2n) is 4.83. The van der Waals surface area contributed by atoms with Crippen molar-refractivity contribution in [3.63, 3.8) is 0 Å². The summed E-state index contributed by atoms with van der Waals surface area (Å²) in [5.41, 5.74) is 4.48. The lowest BCUT2D eigenvalue weighted by molar-refractivity contribution is 0.357. The molecule has 1 aliphatic carbocycles. The summed E-state index contributed by atoms with van der Waals surface area (Å²) in [6.45, 7) is 24.9. The van der Waals surface area contributed by atoms with Crippen molar-refractivity contribution in [3.05, 3.63) is 65.2 Å².